The number of amides is 2. The van der Waals surface area contributed by atoms with Crippen molar-refractivity contribution in [1.29, 1.82) is 0 Å². The molecule has 6 nitrogen and oxygen atoms in total. The molecule has 0 saturated carbocycles. The van der Waals surface area contributed by atoms with Gasteiger partial charge >= 0.3 is 0 Å². The number of nitrogens with one attached hydrogen (secondary N) is 2. The highest BCUT2D eigenvalue weighted by Crippen LogP contribution is 2.32. The fourth-order valence-electron chi connectivity index (χ4n) is 1.81. The van der Waals surface area contributed by atoms with E-state index in [-0.39, 0.29) is 17.5 Å². The van der Waals surface area contributed by atoms with Crippen LogP contribution in [0.1, 0.15) is 40.4 Å². The van der Waals surface area contributed by atoms with Crippen molar-refractivity contribution < 1.29 is 9.59 Å². The van der Waals surface area contributed by atoms with E-state index in [9.17, 15) is 9.59 Å². The smallest absolute Gasteiger partial charge is 0.273 e. The molecular formula is C14H16Br2N4O2S. The number of hydrogen-bond acceptors (Lipinski definition) is 4. The molecule has 2 aromatic heterocycles. The van der Waals surface area contributed by atoms with Gasteiger partial charge in [-0.2, -0.15) is 5.10 Å². The van der Waals surface area contributed by atoms with Gasteiger partial charge in [0.25, 0.3) is 11.8 Å². The SMILES string of the molecule is CCCNC(=O)c1nn(CC)cc1NC(=O)c1cc(Br)c(Br)s1. The Hall–Kier alpha value is -1.19. The summed E-state index contributed by atoms with van der Waals surface area (Å²) in [6.45, 7) is 5.07. The molecule has 0 aliphatic carbocycles. The summed E-state index contributed by atoms with van der Waals surface area (Å²) in [6, 6.07) is 1.73. The number of rotatable bonds is 6. The highest BCUT2D eigenvalue weighted by atomic mass is 79.9. The van der Waals surface area contributed by atoms with Crippen LogP contribution in [0.2, 0.25) is 0 Å². The molecule has 9 heteroatoms. The fourth-order valence-corrected chi connectivity index (χ4v) is 3.74. The van der Waals surface area contributed by atoms with Crippen LogP contribution in [0.5, 0.6) is 0 Å². The summed E-state index contributed by atoms with van der Waals surface area (Å²) in [6.07, 6.45) is 2.50. The number of aryl methyl sites for hydroxylation is 1. The fraction of sp³-hybridized carbons (Fsp3) is 0.357. The summed E-state index contributed by atoms with van der Waals surface area (Å²) in [7, 11) is 0. The number of halogens is 2. The van der Waals surface area contributed by atoms with Crippen LogP contribution in [0.15, 0.2) is 20.5 Å². The van der Waals surface area contributed by atoms with E-state index in [0.29, 0.717) is 23.7 Å². The van der Waals surface area contributed by atoms with Gasteiger partial charge in [0.05, 0.1) is 14.4 Å². The van der Waals surface area contributed by atoms with Crippen molar-refractivity contribution in [2.75, 3.05) is 11.9 Å². The second-order valence-corrected chi connectivity index (χ2v) is 7.91. The third kappa shape index (κ3) is 4.42. The molecule has 2 rings (SSSR count). The van der Waals surface area contributed by atoms with Crippen molar-refractivity contribution in [2.45, 2.75) is 26.8 Å². The number of carbonyl (C=O) groups excluding carboxylic acids is 2. The molecule has 0 atom stereocenters. The Morgan fingerprint density at radius 2 is 2.04 bits per heavy atom. The average Bonchev–Trinajstić information content (AvgIpc) is 3.08. The summed E-state index contributed by atoms with van der Waals surface area (Å²) in [4.78, 5) is 25.1. The lowest BCUT2D eigenvalue weighted by molar-refractivity contribution is 0.0948. The number of nitrogens with zero attached hydrogens (tertiary/aromatic N) is 2. The van der Waals surface area contributed by atoms with Crippen LogP contribution in [0.3, 0.4) is 0 Å². The standard InChI is InChI=1S/C14H16Br2N4O2S/c1-3-5-17-14(22)11-9(7-20(4-2)19-11)18-13(21)10-6-8(15)12(16)23-10/h6-7H,3-5H2,1-2H3,(H,17,22)(H,18,21). The highest BCUT2D eigenvalue weighted by Gasteiger charge is 2.20. The average molecular weight is 464 g/mol. The van der Waals surface area contributed by atoms with Crippen molar-refractivity contribution in [3.63, 3.8) is 0 Å². The third-order valence-corrected chi connectivity index (χ3v) is 6.21. The number of anilines is 1. The summed E-state index contributed by atoms with van der Waals surface area (Å²) in [5.74, 6) is -0.565. The molecule has 2 heterocycles. The van der Waals surface area contributed by atoms with Crippen LogP contribution < -0.4 is 10.6 Å². The Kier molecular flexibility index (Phi) is 6.37. The predicted molar refractivity (Wildman–Crippen MR) is 98.2 cm³/mol. The quantitative estimate of drug-likeness (QED) is 0.682. The Morgan fingerprint density at radius 3 is 2.61 bits per heavy atom. The van der Waals surface area contributed by atoms with Crippen LogP contribution in [0, 0.1) is 0 Å². The summed E-state index contributed by atoms with van der Waals surface area (Å²) in [5, 5.41) is 9.77. The Labute approximate surface area is 154 Å². The first kappa shape index (κ1) is 18.2. The zero-order valence-corrected chi connectivity index (χ0v) is 16.6. The number of aromatic nitrogens is 2. The Bertz CT molecular complexity index is 707. The number of hydrogen-bond donors (Lipinski definition) is 2. The van der Waals surface area contributed by atoms with E-state index in [1.165, 1.54) is 11.3 Å². The first-order valence-electron chi connectivity index (χ1n) is 7.08. The van der Waals surface area contributed by atoms with E-state index < -0.39 is 0 Å². The Balaban J connectivity index is 2.22. The summed E-state index contributed by atoms with van der Waals surface area (Å²) in [5.41, 5.74) is 0.634. The molecular weight excluding hydrogens is 448 g/mol. The van der Waals surface area contributed by atoms with Gasteiger partial charge in [-0.3, -0.25) is 14.3 Å². The molecule has 23 heavy (non-hydrogen) atoms. The second kappa shape index (κ2) is 8.07. The lowest BCUT2D eigenvalue weighted by atomic mass is 10.3. The van der Waals surface area contributed by atoms with Crippen LogP contribution in [0.4, 0.5) is 5.69 Å². The first-order valence-corrected chi connectivity index (χ1v) is 9.48. The molecule has 0 aliphatic heterocycles. The van der Waals surface area contributed by atoms with Crippen molar-refractivity contribution in [1.82, 2.24) is 15.1 Å². The zero-order chi connectivity index (χ0) is 17.0. The molecule has 0 aliphatic rings. The van der Waals surface area contributed by atoms with Gasteiger partial charge in [-0.1, -0.05) is 6.92 Å². The van der Waals surface area contributed by atoms with Crippen molar-refractivity contribution in [2.24, 2.45) is 0 Å². The zero-order valence-electron chi connectivity index (χ0n) is 12.7. The van der Waals surface area contributed by atoms with Crippen molar-refractivity contribution in [3.05, 3.63) is 31.1 Å². The van der Waals surface area contributed by atoms with E-state index in [0.717, 1.165) is 14.7 Å². The van der Waals surface area contributed by atoms with Crippen LogP contribution in [-0.4, -0.2) is 28.1 Å². The highest BCUT2D eigenvalue weighted by molar-refractivity contribution is 9.13. The van der Waals surface area contributed by atoms with E-state index >= 15 is 0 Å². The van der Waals surface area contributed by atoms with Crippen molar-refractivity contribution >= 4 is 60.7 Å². The summed E-state index contributed by atoms with van der Waals surface area (Å²) >= 11 is 8.03. The van der Waals surface area contributed by atoms with Gasteiger partial charge in [0.2, 0.25) is 0 Å². The minimum atomic E-state index is -0.289. The molecule has 2 N–H and O–H groups in total. The topological polar surface area (TPSA) is 76.0 Å². The van der Waals surface area contributed by atoms with Gasteiger partial charge in [0, 0.05) is 23.8 Å². The lowest BCUT2D eigenvalue weighted by Gasteiger charge is -2.04. The molecule has 0 radical (unpaired) electrons. The third-order valence-electron chi connectivity index (χ3n) is 2.95. The van der Waals surface area contributed by atoms with Gasteiger partial charge < -0.3 is 10.6 Å². The molecule has 0 aromatic carbocycles. The van der Waals surface area contributed by atoms with Crippen LogP contribution in [0.25, 0.3) is 0 Å². The minimum absolute atomic E-state index is 0.225. The maximum Gasteiger partial charge on any atom is 0.273 e. The molecule has 0 fully saturated rings. The van der Waals surface area contributed by atoms with Gasteiger partial charge in [-0.25, -0.2) is 0 Å². The number of thiophene rings is 1. The lowest BCUT2D eigenvalue weighted by Crippen LogP contribution is -2.26. The van der Waals surface area contributed by atoms with Crippen LogP contribution >= 0.6 is 43.2 Å². The monoisotopic (exact) mass is 462 g/mol. The molecule has 0 spiro atoms. The molecule has 2 aromatic rings. The van der Waals surface area contributed by atoms with Crippen LogP contribution in [-0.2, 0) is 6.54 Å². The molecule has 0 unspecified atom stereocenters. The maximum absolute atomic E-state index is 12.4. The maximum atomic E-state index is 12.4. The van der Waals surface area contributed by atoms with E-state index in [1.54, 1.807) is 16.9 Å². The summed E-state index contributed by atoms with van der Waals surface area (Å²) < 4.78 is 3.28. The van der Waals surface area contributed by atoms with Gasteiger partial charge in [0.15, 0.2) is 5.69 Å². The molecule has 124 valence electrons. The largest absolute Gasteiger partial charge is 0.351 e. The molecule has 2 amide bonds. The van der Waals surface area contributed by atoms with Gasteiger partial charge in [-0.05, 0) is 51.3 Å². The first-order chi connectivity index (χ1) is 11.0. The predicted octanol–water partition coefficient (Wildman–Crippen LogP) is 3.88. The van der Waals surface area contributed by atoms with E-state index in [4.69, 9.17) is 0 Å². The van der Waals surface area contributed by atoms with Crippen molar-refractivity contribution in [3.8, 4) is 0 Å². The van der Waals surface area contributed by atoms with E-state index in [1.807, 2.05) is 13.8 Å². The molecule has 0 saturated heterocycles. The van der Waals surface area contributed by atoms with Gasteiger partial charge in [-0.15, -0.1) is 11.3 Å². The normalized spacial score (nSPS) is 10.6. The Morgan fingerprint density at radius 1 is 1.30 bits per heavy atom. The number of carbonyl (C=O) groups is 2. The van der Waals surface area contributed by atoms with E-state index in [2.05, 4.69) is 47.6 Å². The van der Waals surface area contributed by atoms with Gasteiger partial charge in [0.1, 0.15) is 0 Å². The molecule has 0 bridgehead atoms. The second-order valence-electron chi connectivity index (χ2n) is 4.69. The minimum Gasteiger partial charge on any atom is -0.351 e.